The smallest absolute Gasteiger partial charge is 0.235 e. The molecule has 3 aromatic rings. The van der Waals surface area contributed by atoms with Crippen LogP contribution in [0.3, 0.4) is 0 Å². The van der Waals surface area contributed by atoms with Crippen molar-refractivity contribution in [1.29, 1.82) is 0 Å². The predicted octanol–water partition coefficient (Wildman–Crippen LogP) is 9.47. The summed E-state index contributed by atoms with van der Waals surface area (Å²) >= 11 is 0. The van der Waals surface area contributed by atoms with Crippen molar-refractivity contribution >= 4 is 18.2 Å². The van der Waals surface area contributed by atoms with Crippen LogP contribution in [0.25, 0.3) is 0 Å². The molecule has 0 bridgehead atoms. The third kappa shape index (κ3) is 19.1. The van der Waals surface area contributed by atoms with Gasteiger partial charge >= 0.3 is 0 Å². The topological polar surface area (TPSA) is 58.9 Å². The Balaban J connectivity index is 0.000000822. The van der Waals surface area contributed by atoms with Crippen LogP contribution in [0.5, 0.6) is 0 Å². The monoisotopic (exact) mass is 566 g/mol. The molecule has 3 aromatic carbocycles. The minimum atomic E-state index is 0.431. The maximum absolute atomic E-state index is 10.2. The molecule has 0 N–H and O–H groups in total. The van der Waals surface area contributed by atoms with Crippen LogP contribution in [0.1, 0.15) is 87.3 Å². The molecule has 42 heavy (non-hydrogen) atoms. The number of hydrogen-bond donors (Lipinski definition) is 0. The molecular weight excluding hydrogens is 516 g/mol. The normalized spacial score (nSPS) is 9.83. The number of benzene rings is 3. The molecule has 0 saturated heterocycles. The van der Waals surface area contributed by atoms with Crippen molar-refractivity contribution in [2.24, 2.45) is 9.98 Å². The van der Waals surface area contributed by atoms with Crippen LogP contribution in [0.15, 0.2) is 102 Å². The van der Waals surface area contributed by atoms with E-state index >= 15 is 0 Å². The second kappa shape index (κ2) is 27.1. The Bertz CT molecular complexity index is 1250. The molecule has 4 heteroatoms. The highest BCUT2D eigenvalue weighted by Gasteiger charge is 1.99. The van der Waals surface area contributed by atoms with E-state index in [1.54, 1.807) is 6.08 Å². The zero-order valence-corrected chi connectivity index (χ0v) is 26.4. The Hall–Kier alpha value is -4.10. The Morgan fingerprint density at radius 2 is 1.19 bits per heavy atom. The largest absolute Gasteiger partial charge is 0.293 e. The molecule has 0 radical (unpaired) electrons. The average molecular weight is 567 g/mol. The van der Waals surface area contributed by atoms with Crippen molar-refractivity contribution in [2.75, 3.05) is 0 Å². The van der Waals surface area contributed by atoms with E-state index in [0.717, 1.165) is 37.8 Å². The number of hydrogen-bond acceptors (Lipinski definition) is 4. The number of allylic oxidation sites excluding steroid dienone is 2. The molecule has 0 aliphatic rings. The van der Waals surface area contributed by atoms with Crippen LogP contribution in [-0.4, -0.2) is 18.2 Å². The summed E-state index contributed by atoms with van der Waals surface area (Å²) in [5.74, 6) is 1.25. The molecule has 0 heterocycles. The van der Waals surface area contributed by atoms with E-state index in [1.165, 1.54) is 53.0 Å². The van der Waals surface area contributed by atoms with Gasteiger partial charge in [0.15, 0.2) is 0 Å². The van der Waals surface area contributed by atoms with E-state index in [4.69, 9.17) is 4.79 Å². The van der Waals surface area contributed by atoms with Gasteiger partial charge in [-0.25, -0.2) is 14.6 Å². The Labute approximate surface area is 255 Å². The maximum Gasteiger partial charge on any atom is 0.235 e. The van der Waals surface area contributed by atoms with Crippen molar-refractivity contribution in [3.05, 3.63) is 125 Å². The van der Waals surface area contributed by atoms with Gasteiger partial charge in [-0.05, 0) is 98.5 Å². The summed E-state index contributed by atoms with van der Waals surface area (Å²) in [6.07, 6.45) is 15.8. The van der Waals surface area contributed by atoms with Gasteiger partial charge in [0.2, 0.25) is 6.08 Å². The summed E-state index contributed by atoms with van der Waals surface area (Å²) in [7, 11) is 0. The molecule has 0 spiro atoms. The Morgan fingerprint density at radius 3 is 1.71 bits per heavy atom. The predicted molar refractivity (Wildman–Crippen MR) is 181 cm³/mol. The number of aliphatic imine (C=N–C) groups is 2. The first-order valence-electron chi connectivity index (χ1n) is 15.1. The highest BCUT2D eigenvalue weighted by atomic mass is 16.1. The van der Waals surface area contributed by atoms with Gasteiger partial charge in [0.25, 0.3) is 0 Å². The van der Waals surface area contributed by atoms with E-state index in [9.17, 15) is 4.79 Å². The lowest BCUT2D eigenvalue weighted by Crippen LogP contribution is -1.91. The van der Waals surface area contributed by atoms with Crippen molar-refractivity contribution in [3.8, 4) is 0 Å². The summed E-state index contributed by atoms with van der Waals surface area (Å²) < 4.78 is 0. The fourth-order valence-corrected chi connectivity index (χ4v) is 4.15. The molecule has 0 atom stereocenters. The van der Waals surface area contributed by atoms with Gasteiger partial charge in [0.05, 0.1) is 13.1 Å². The van der Waals surface area contributed by atoms with Gasteiger partial charge in [-0.3, -0.25) is 4.99 Å². The molecule has 0 saturated carbocycles. The molecule has 0 fully saturated rings. The molecule has 0 amide bonds. The van der Waals surface area contributed by atoms with Crippen LogP contribution in [0.2, 0.25) is 0 Å². The van der Waals surface area contributed by atoms with E-state index in [2.05, 4.69) is 103 Å². The lowest BCUT2D eigenvalue weighted by Gasteiger charge is -2.06. The van der Waals surface area contributed by atoms with Gasteiger partial charge in [0.1, 0.15) is 5.94 Å². The fourth-order valence-electron chi connectivity index (χ4n) is 4.15. The summed E-state index contributed by atoms with van der Waals surface area (Å²) in [6, 6.07) is 25.9. The number of rotatable bonds is 13. The van der Waals surface area contributed by atoms with Crippen molar-refractivity contribution in [3.63, 3.8) is 0 Å². The Morgan fingerprint density at radius 1 is 0.714 bits per heavy atom. The number of isocyanates is 1. The third-order valence-corrected chi connectivity index (χ3v) is 6.19. The average Bonchev–Trinajstić information content (AvgIpc) is 3.04. The quantitative estimate of drug-likeness (QED) is 0.0680. The highest BCUT2D eigenvalue weighted by molar-refractivity contribution is 5.53. The minimum Gasteiger partial charge on any atom is -0.293 e. The molecule has 3 rings (SSSR count). The number of carbonyl (C=O) groups excluding carboxylic acids is 2. The van der Waals surface area contributed by atoms with Crippen LogP contribution < -0.4 is 0 Å². The first kappa shape index (κ1) is 37.9. The number of nitrogens with zero attached hydrogens (tertiary/aromatic N) is 2. The van der Waals surface area contributed by atoms with Gasteiger partial charge in [-0.2, -0.15) is 0 Å². The molecule has 0 aliphatic heterocycles. The van der Waals surface area contributed by atoms with Crippen LogP contribution in [0.4, 0.5) is 0 Å². The first-order valence-corrected chi connectivity index (χ1v) is 15.1. The van der Waals surface area contributed by atoms with Crippen LogP contribution in [0, 0.1) is 0 Å². The van der Waals surface area contributed by atoms with Crippen molar-refractivity contribution in [2.45, 2.75) is 92.7 Å². The molecule has 0 aliphatic carbocycles. The molecule has 224 valence electrons. The minimum absolute atomic E-state index is 0.431. The van der Waals surface area contributed by atoms with Gasteiger partial charge in [-0.15, -0.1) is 0 Å². The van der Waals surface area contributed by atoms with Crippen LogP contribution in [-0.2, 0) is 48.4 Å². The number of aryl methyl sites for hydroxylation is 3. The summed E-state index contributed by atoms with van der Waals surface area (Å²) in [6.45, 7) is 14.1. The van der Waals surface area contributed by atoms with Gasteiger partial charge < -0.3 is 0 Å². The maximum atomic E-state index is 10.2. The van der Waals surface area contributed by atoms with Crippen molar-refractivity contribution in [1.82, 2.24) is 0 Å². The lowest BCUT2D eigenvalue weighted by atomic mass is 10.0. The summed E-state index contributed by atoms with van der Waals surface area (Å²) in [4.78, 5) is 26.6. The van der Waals surface area contributed by atoms with Gasteiger partial charge in [0, 0.05) is 0 Å². The summed E-state index contributed by atoms with van der Waals surface area (Å²) in [5.41, 5.74) is 7.93. The van der Waals surface area contributed by atoms with E-state index in [1.807, 2.05) is 39.1 Å². The van der Waals surface area contributed by atoms with E-state index in [0.29, 0.717) is 6.54 Å². The zero-order chi connectivity index (χ0) is 31.3. The van der Waals surface area contributed by atoms with Crippen LogP contribution >= 0.6 is 0 Å². The molecule has 0 aromatic heterocycles. The molecule has 4 nitrogen and oxygen atoms in total. The molecular formula is C38H50N2O2. The van der Waals surface area contributed by atoms with Crippen molar-refractivity contribution < 1.29 is 9.59 Å². The summed E-state index contributed by atoms with van der Waals surface area (Å²) in [5, 5.41) is 0. The third-order valence-electron chi connectivity index (χ3n) is 6.19. The number of unbranched alkanes of at least 4 members (excludes halogenated alkanes) is 2. The molecule has 0 unspecified atom stereocenters. The van der Waals surface area contributed by atoms with Gasteiger partial charge in [-0.1, -0.05) is 112 Å². The van der Waals surface area contributed by atoms with E-state index < -0.39 is 0 Å². The SMILES string of the molecule is C/C=C/Cc1cccc(CCCCCc2cccc(CN=C=O)c2)c1.C=C=O.CC.CC=NCc1cccc(CC)c1. The lowest BCUT2D eigenvalue weighted by molar-refractivity contribution is 0.562. The first-order chi connectivity index (χ1) is 20.6. The fraction of sp³-hybridized carbons (Fsp3) is 0.368. The van der Waals surface area contributed by atoms with E-state index in [-0.39, 0.29) is 0 Å². The second-order valence-electron chi connectivity index (χ2n) is 9.30. The second-order valence-corrected chi connectivity index (χ2v) is 9.30. The highest BCUT2D eigenvalue weighted by Crippen LogP contribution is 2.14. The standard InChI is InChI=1S/C23H27NO.C11H15N.C2H2O.C2H6/c1-2-3-9-20-12-7-13-21(16-20)10-5-4-6-11-22-14-8-15-23(17-22)18-24-19-25;1-3-10-6-5-7-11(8-10)9-12-4-2;1-2-3;1-2/h2-3,7-8,12-17H,4-6,9-11,18H2,1H3;4-8H,3,9H2,1-2H3;1H2;1-2H3/b3-2+;;;. The zero-order valence-electron chi connectivity index (χ0n) is 26.4. The Kier molecular flexibility index (Phi) is 24.4.